The number of halogens is 1. The Kier molecular flexibility index (Phi) is 4.78. The molecule has 1 amide bonds. The van der Waals surface area contributed by atoms with Crippen LogP contribution < -0.4 is 10.1 Å². The summed E-state index contributed by atoms with van der Waals surface area (Å²) in [6, 6.07) is 9.11. The monoisotopic (exact) mass is 392 g/mol. The van der Waals surface area contributed by atoms with E-state index >= 15 is 0 Å². The average molecular weight is 393 g/mol. The van der Waals surface area contributed by atoms with Crippen LogP contribution in [-0.4, -0.2) is 18.0 Å². The third-order valence-electron chi connectivity index (χ3n) is 3.13. The normalized spacial score (nSPS) is 10.5. The number of rotatable bonds is 5. The quantitative estimate of drug-likeness (QED) is 0.709. The van der Waals surface area contributed by atoms with Gasteiger partial charge in [-0.15, -0.1) is 11.3 Å². The standard InChI is InChI=1S/C16H13BrN2O3S/c1-21-11-4-5-13(17)12(7-11)15(20)18-8-10-9-22-16(19-10)14-3-2-6-23-14/h2-7,9H,8H2,1H3,(H,18,20). The molecule has 2 heterocycles. The number of nitrogens with one attached hydrogen (secondary N) is 1. The van der Waals surface area contributed by atoms with Crippen molar-refractivity contribution in [3.63, 3.8) is 0 Å². The first-order chi connectivity index (χ1) is 11.2. The molecule has 0 atom stereocenters. The zero-order chi connectivity index (χ0) is 16.2. The van der Waals surface area contributed by atoms with Crippen LogP contribution in [0.1, 0.15) is 16.1 Å². The number of oxazole rings is 1. The van der Waals surface area contributed by atoms with Gasteiger partial charge in [-0.05, 0) is 45.6 Å². The third-order valence-corrected chi connectivity index (χ3v) is 4.68. The molecule has 118 valence electrons. The highest BCUT2D eigenvalue weighted by molar-refractivity contribution is 9.10. The summed E-state index contributed by atoms with van der Waals surface area (Å²) in [6.07, 6.45) is 1.55. The molecule has 1 N–H and O–H groups in total. The minimum Gasteiger partial charge on any atom is -0.497 e. The van der Waals surface area contributed by atoms with Crippen molar-refractivity contribution < 1.29 is 13.9 Å². The second-order valence-corrected chi connectivity index (χ2v) is 6.45. The van der Waals surface area contributed by atoms with Gasteiger partial charge >= 0.3 is 0 Å². The van der Waals surface area contributed by atoms with Gasteiger partial charge in [0.1, 0.15) is 12.0 Å². The van der Waals surface area contributed by atoms with E-state index in [1.165, 1.54) is 0 Å². The molecule has 0 aliphatic rings. The van der Waals surface area contributed by atoms with E-state index in [1.54, 1.807) is 42.9 Å². The predicted octanol–water partition coefficient (Wildman–Crippen LogP) is 4.10. The molecule has 3 aromatic rings. The lowest BCUT2D eigenvalue weighted by Crippen LogP contribution is -2.23. The van der Waals surface area contributed by atoms with Crippen LogP contribution in [0.5, 0.6) is 5.75 Å². The first kappa shape index (κ1) is 15.8. The predicted molar refractivity (Wildman–Crippen MR) is 91.7 cm³/mol. The zero-order valence-electron chi connectivity index (χ0n) is 12.2. The Balaban J connectivity index is 1.67. The molecule has 0 saturated carbocycles. The fourth-order valence-electron chi connectivity index (χ4n) is 1.97. The second-order valence-electron chi connectivity index (χ2n) is 4.65. The number of methoxy groups -OCH3 is 1. The van der Waals surface area contributed by atoms with Gasteiger partial charge in [0.25, 0.3) is 5.91 Å². The SMILES string of the molecule is COc1ccc(Br)c(C(=O)NCc2coc(-c3cccs3)n2)c1. The fraction of sp³-hybridized carbons (Fsp3) is 0.125. The van der Waals surface area contributed by atoms with Crippen molar-refractivity contribution in [1.29, 1.82) is 0 Å². The maximum Gasteiger partial charge on any atom is 0.252 e. The Morgan fingerprint density at radius 2 is 2.30 bits per heavy atom. The van der Waals surface area contributed by atoms with E-state index in [-0.39, 0.29) is 12.5 Å². The highest BCUT2D eigenvalue weighted by Crippen LogP contribution is 2.24. The second kappa shape index (κ2) is 6.97. The van der Waals surface area contributed by atoms with Crippen molar-refractivity contribution >= 4 is 33.2 Å². The van der Waals surface area contributed by atoms with Crippen LogP contribution >= 0.6 is 27.3 Å². The number of aromatic nitrogens is 1. The highest BCUT2D eigenvalue weighted by atomic mass is 79.9. The molecule has 23 heavy (non-hydrogen) atoms. The molecule has 0 spiro atoms. The minimum atomic E-state index is -0.212. The lowest BCUT2D eigenvalue weighted by Gasteiger charge is -2.07. The van der Waals surface area contributed by atoms with Gasteiger partial charge in [-0.3, -0.25) is 4.79 Å². The first-order valence-corrected chi connectivity index (χ1v) is 8.44. The minimum absolute atomic E-state index is 0.212. The van der Waals surface area contributed by atoms with Crippen LogP contribution in [0.2, 0.25) is 0 Å². The molecule has 5 nitrogen and oxygen atoms in total. The summed E-state index contributed by atoms with van der Waals surface area (Å²) in [5, 5.41) is 4.78. The van der Waals surface area contributed by atoms with Crippen LogP contribution in [0.3, 0.4) is 0 Å². The number of hydrogen-bond donors (Lipinski definition) is 1. The Morgan fingerprint density at radius 3 is 3.04 bits per heavy atom. The van der Waals surface area contributed by atoms with E-state index in [0.29, 0.717) is 27.4 Å². The van der Waals surface area contributed by atoms with Gasteiger partial charge in [0.05, 0.1) is 29.8 Å². The lowest BCUT2D eigenvalue weighted by molar-refractivity contribution is 0.0949. The molecule has 3 rings (SSSR count). The summed E-state index contributed by atoms with van der Waals surface area (Å²) in [5.74, 6) is 0.975. The van der Waals surface area contributed by atoms with Crippen LogP contribution in [0, 0.1) is 0 Å². The van der Waals surface area contributed by atoms with Crippen molar-refractivity contribution in [1.82, 2.24) is 10.3 Å². The lowest BCUT2D eigenvalue weighted by atomic mass is 10.2. The van der Waals surface area contributed by atoms with E-state index in [0.717, 1.165) is 4.88 Å². The molecular weight excluding hydrogens is 380 g/mol. The summed E-state index contributed by atoms with van der Waals surface area (Å²) in [4.78, 5) is 17.6. The number of carbonyl (C=O) groups is 1. The van der Waals surface area contributed by atoms with Gasteiger partial charge in [-0.1, -0.05) is 6.07 Å². The summed E-state index contributed by atoms with van der Waals surface area (Å²) >= 11 is 4.92. The largest absolute Gasteiger partial charge is 0.497 e. The van der Waals surface area contributed by atoms with Crippen molar-refractivity contribution in [3.8, 4) is 16.5 Å². The first-order valence-electron chi connectivity index (χ1n) is 6.77. The van der Waals surface area contributed by atoms with Crippen LogP contribution in [0.4, 0.5) is 0 Å². The number of ether oxygens (including phenoxy) is 1. The van der Waals surface area contributed by atoms with E-state index in [2.05, 4.69) is 26.2 Å². The molecule has 0 bridgehead atoms. The van der Waals surface area contributed by atoms with Gasteiger partial charge in [-0.2, -0.15) is 0 Å². The van der Waals surface area contributed by atoms with Crippen molar-refractivity contribution in [2.45, 2.75) is 6.54 Å². The molecule has 0 aliphatic heterocycles. The molecule has 0 unspecified atom stereocenters. The summed E-state index contributed by atoms with van der Waals surface area (Å²) in [5.41, 5.74) is 1.17. The Bertz CT molecular complexity index is 815. The molecule has 7 heteroatoms. The van der Waals surface area contributed by atoms with Gasteiger partial charge in [0.15, 0.2) is 0 Å². The Labute approximate surface area is 145 Å². The Hall–Kier alpha value is -2.12. The number of nitrogens with zero attached hydrogens (tertiary/aromatic N) is 1. The molecule has 2 aromatic heterocycles. The van der Waals surface area contributed by atoms with E-state index in [1.807, 2.05) is 17.5 Å². The maximum absolute atomic E-state index is 12.3. The van der Waals surface area contributed by atoms with E-state index < -0.39 is 0 Å². The number of hydrogen-bond acceptors (Lipinski definition) is 5. The summed E-state index contributed by atoms with van der Waals surface area (Å²) < 4.78 is 11.3. The van der Waals surface area contributed by atoms with Gasteiger partial charge in [-0.25, -0.2) is 4.98 Å². The van der Waals surface area contributed by atoms with Crippen molar-refractivity contribution in [2.75, 3.05) is 7.11 Å². The fourth-order valence-corrected chi connectivity index (χ4v) is 3.06. The number of carbonyl (C=O) groups excluding carboxylic acids is 1. The highest BCUT2D eigenvalue weighted by Gasteiger charge is 2.13. The maximum atomic E-state index is 12.3. The molecule has 1 aromatic carbocycles. The topological polar surface area (TPSA) is 64.4 Å². The van der Waals surface area contributed by atoms with E-state index in [9.17, 15) is 4.79 Å². The molecule has 0 radical (unpaired) electrons. The third kappa shape index (κ3) is 3.62. The molecule has 0 fully saturated rings. The average Bonchev–Trinajstić information content (AvgIpc) is 3.24. The van der Waals surface area contributed by atoms with Crippen molar-refractivity contribution in [2.24, 2.45) is 0 Å². The summed E-state index contributed by atoms with van der Waals surface area (Å²) in [7, 11) is 1.56. The van der Waals surface area contributed by atoms with Crippen LogP contribution in [0.25, 0.3) is 10.8 Å². The number of thiophene rings is 1. The van der Waals surface area contributed by atoms with Crippen molar-refractivity contribution in [3.05, 3.63) is 57.7 Å². The van der Waals surface area contributed by atoms with E-state index in [4.69, 9.17) is 9.15 Å². The van der Waals surface area contributed by atoms with Gasteiger partial charge in [0.2, 0.25) is 5.89 Å². The molecular formula is C16H13BrN2O3S. The van der Waals surface area contributed by atoms with Crippen LogP contribution in [-0.2, 0) is 6.54 Å². The molecule has 0 saturated heterocycles. The number of amides is 1. The zero-order valence-corrected chi connectivity index (χ0v) is 14.6. The number of benzene rings is 1. The Morgan fingerprint density at radius 1 is 1.43 bits per heavy atom. The summed E-state index contributed by atoms with van der Waals surface area (Å²) in [6.45, 7) is 0.289. The smallest absolute Gasteiger partial charge is 0.252 e. The van der Waals surface area contributed by atoms with Crippen LogP contribution in [0.15, 0.2) is 50.9 Å². The van der Waals surface area contributed by atoms with Gasteiger partial charge in [0, 0.05) is 4.47 Å². The molecule has 0 aliphatic carbocycles. The van der Waals surface area contributed by atoms with Gasteiger partial charge < -0.3 is 14.5 Å².